The van der Waals surface area contributed by atoms with Crippen LogP contribution in [-0.2, 0) is 17.8 Å². The Labute approximate surface area is 241 Å². The van der Waals surface area contributed by atoms with E-state index in [1.807, 2.05) is 54.6 Å². The number of aromatic nitrogens is 3. The van der Waals surface area contributed by atoms with Crippen LogP contribution in [0.3, 0.4) is 0 Å². The molecule has 0 aliphatic rings. The highest BCUT2D eigenvalue weighted by molar-refractivity contribution is 6.07. The summed E-state index contributed by atoms with van der Waals surface area (Å²) in [7, 11) is 0. The number of nitrogens with two attached hydrogens (primary N) is 1. The molecule has 10 heteroatoms. The van der Waals surface area contributed by atoms with Gasteiger partial charge in [-0.3, -0.25) is 9.78 Å². The van der Waals surface area contributed by atoms with Crippen molar-refractivity contribution in [2.75, 3.05) is 17.6 Å². The Morgan fingerprint density at radius 3 is 2.36 bits per heavy atom. The normalized spacial score (nSPS) is 10.6. The van der Waals surface area contributed by atoms with E-state index in [1.165, 1.54) is 24.5 Å². The Balaban J connectivity index is 1.21. The van der Waals surface area contributed by atoms with Crippen molar-refractivity contribution in [1.29, 1.82) is 0 Å². The number of carbonyl (C=O) groups excluding carboxylic acids is 2. The first kappa shape index (κ1) is 27.9. The van der Waals surface area contributed by atoms with E-state index < -0.39 is 12.0 Å². The van der Waals surface area contributed by atoms with Gasteiger partial charge in [0, 0.05) is 23.9 Å². The number of alkyl carbamates (subject to hydrolysis) is 1. The lowest BCUT2D eigenvalue weighted by Gasteiger charge is -2.12. The van der Waals surface area contributed by atoms with Gasteiger partial charge in [-0.15, -0.1) is 0 Å². The summed E-state index contributed by atoms with van der Waals surface area (Å²) in [6, 6.07) is 24.7. The quantitative estimate of drug-likeness (QED) is 0.212. The van der Waals surface area contributed by atoms with E-state index in [9.17, 15) is 14.0 Å². The second kappa shape index (κ2) is 13.1. The van der Waals surface area contributed by atoms with Gasteiger partial charge in [0.15, 0.2) is 11.5 Å². The standard InChI is InChI=1S/C32H27FN6O3/c33-25-12-10-23(11-13-25)26-15-16-35-18-28(26)39-31(40)29-30(34)37-19-27(38-29)24-8-6-21(7-9-24)14-17-36-32(41)42-20-22-4-2-1-3-5-22/h1-13,15-16,18-19H,14,17,20H2,(H2,34,37)(H,36,41)(H,39,40). The van der Waals surface area contributed by atoms with E-state index in [-0.39, 0.29) is 23.9 Å². The topological polar surface area (TPSA) is 132 Å². The van der Waals surface area contributed by atoms with Gasteiger partial charge in [0.2, 0.25) is 0 Å². The number of halogens is 1. The summed E-state index contributed by atoms with van der Waals surface area (Å²) in [5.41, 5.74) is 10.9. The van der Waals surface area contributed by atoms with Gasteiger partial charge in [-0.2, -0.15) is 0 Å². The molecular weight excluding hydrogens is 535 g/mol. The van der Waals surface area contributed by atoms with Gasteiger partial charge in [0.05, 0.1) is 23.8 Å². The molecular formula is C32H27FN6O3. The highest BCUT2D eigenvalue weighted by Crippen LogP contribution is 2.28. The smallest absolute Gasteiger partial charge is 0.407 e. The summed E-state index contributed by atoms with van der Waals surface area (Å²) >= 11 is 0. The van der Waals surface area contributed by atoms with Crippen molar-refractivity contribution in [3.05, 3.63) is 126 Å². The Kier molecular flexibility index (Phi) is 8.73. The first-order valence-electron chi connectivity index (χ1n) is 13.1. The van der Waals surface area contributed by atoms with E-state index in [0.717, 1.165) is 16.7 Å². The molecule has 5 aromatic rings. The zero-order valence-corrected chi connectivity index (χ0v) is 22.5. The Morgan fingerprint density at radius 1 is 0.857 bits per heavy atom. The molecule has 0 atom stereocenters. The van der Waals surface area contributed by atoms with Gasteiger partial charge >= 0.3 is 6.09 Å². The van der Waals surface area contributed by atoms with Crippen LogP contribution in [0.2, 0.25) is 0 Å². The van der Waals surface area contributed by atoms with Crippen LogP contribution in [0, 0.1) is 5.82 Å². The average Bonchev–Trinajstić information content (AvgIpc) is 3.02. The molecule has 0 aliphatic carbocycles. The second-order valence-corrected chi connectivity index (χ2v) is 9.31. The Bertz CT molecular complexity index is 1680. The fourth-order valence-electron chi connectivity index (χ4n) is 4.19. The van der Waals surface area contributed by atoms with Gasteiger partial charge in [0.1, 0.15) is 12.4 Å². The van der Waals surface area contributed by atoms with Crippen LogP contribution >= 0.6 is 0 Å². The molecule has 0 unspecified atom stereocenters. The number of benzene rings is 3. The summed E-state index contributed by atoms with van der Waals surface area (Å²) in [4.78, 5) is 37.9. The van der Waals surface area contributed by atoms with Gasteiger partial charge in [0.25, 0.3) is 5.91 Å². The molecule has 42 heavy (non-hydrogen) atoms. The molecule has 9 nitrogen and oxygen atoms in total. The fraction of sp³-hybridized carbons (Fsp3) is 0.0938. The predicted molar refractivity (Wildman–Crippen MR) is 158 cm³/mol. The first-order chi connectivity index (χ1) is 20.5. The molecule has 0 fully saturated rings. The molecule has 0 radical (unpaired) electrons. The third kappa shape index (κ3) is 7.11. The van der Waals surface area contributed by atoms with Crippen LogP contribution in [0.5, 0.6) is 0 Å². The number of carbonyl (C=O) groups is 2. The van der Waals surface area contributed by atoms with E-state index in [2.05, 4.69) is 25.6 Å². The molecule has 0 saturated carbocycles. The van der Waals surface area contributed by atoms with Crippen LogP contribution in [0.4, 0.5) is 20.7 Å². The maximum absolute atomic E-state index is 13.4. The second-order valence-electron chi connectivity index (χ2n) is 9.31. The number of ether oxygens (including phenoxy) is 1. The maximum Gasteiger partial charge on any atom is 0.407 e. The lowest BCUT2D eigenvalue weighted by molar-refractivity contribution is 0.102. The van der Waals surface area contributed by atoms with Crippen molar-refractivity contribution in [1.82, 2.24) is 20.3 Å². The third-order valence-corrected chi connectivity index (χ3v) is 6.39. The van der Waals surface area contributed by atoms with Crippen LogP contribution in [0.25, 0.3) is 22.4 Å². The molecule has 4 N–H and O–H groups in total. The largest absolute Gasteiger partial charge is 0.445 e. The number of nitrogen functional groups attached to an aromatic ring is 1. The van der Waals surface area contributed by atoms with Crippen LogP contribution < -0.4 is 16.4 Å². The number of rotatable bonds is 9. The van der Waals surface area contributed by atoms with Crippen molar-refractivity contribution in [3.63, 3.8) is 0 Å². The van der Waals surface area contributed by atoms with Crippen molar-refractivity contribution >= 4 is 23.5 Å². The molecule has 3 aromatic carbocycles. The highest BCUT2D eigenvalue weighted by atomic mass is 19.1. The SMILES string of the molecule is Nc1ncc(-c2ccc(CCNC(=O)OCc3ccccc3)cc2)nc1C(=O)Nc1cnccc1-c1ccc(F)cc1. The zero-order valence-electron chi connectivity index (χ0n) is 22.5. The summed E-state index contributed by atoms with van der Waals surface area (Å²) in [5.74, 6) is -0.937. The van der Waals surface area contributed by atoms with E-state index in [4.69, 9.17) is 10.5 Å². The lowest BCUT2D eigenvalue weighted by Crippen LogP contribution is -2.26. The number of hydrogen-bond acceptors (Lipinski definition) is 7. The lowest BCUT2D eigenvalue weighted by atomic mass is 10.1. The number of amides is 2. The summed E-state index contributed by atoms with van der Waals surface area (Å²) in [5, 5.41) is 5.54. The molecule has 0 saturated heterocycles. The molecule has 0 spiro atoms. The number of hydrogen-bond donors (Lipinski definition) is 3. The van der Waals surface area contributed by atoms with Crippen molar-refractivity contribution in [2.45, 2.75) is 13.0 Å². The minimum Gasteiger partial charge on any atom is -0.445 e. The maximum atomic E-state index is 13.4. The summed E-state index contributed by atoms with van der Waals surface area (Å²) in [6.07, 6.45) is 4.71. The molecule has 0 bridgehead atoms. The van der Waals surface area contributed by atoms with Crippen LogP contribution in [0.15, 0.2) is 104 Å². The number of anilines is 2. The van der Waals surface area contributed by atoms with E-state index in [1.54, 1.807) is 24.4 Å². The van der Waals surface area contributed by atoms with Crippen LogP contribution in [0.1, 0.15) is 21.6 Å². The van der Waals surface area contributed by atoms with E-state index in [0.29, 0.717) is 35.5 Å². The number of nitrogens with zero attached hydrogens (tertiary/aromatic N) is 3. The third-order valence-electron chi connectivity index (χ3n) is 6.39. The van der Waals surface area contributed by atoms with Gasteiger partial charge < -0.3 is 21.1 Å². The molecule has 5 rings (SSSR count). The Hall–Kier alpha value is -5.64. The molecule has 2 aromatic heterocycles. The van der Waals surface area contributed by atoms with Crippen molar-refractivity contribution < 1.29 is 18.7 Å². The van der Waals surface area contributed by atoms with Gasteiger partial charge in [-0.05, 0) is 41.3 Å². The zero-order chi connectivity index (χ0) is 29.3. The highest BCUT2D eigenvalue weighted by Gasteiger charge is 2.17. The Morgan fingerprint density at radius 2 is 1.60 bits per heavy atom. The number of pyridine rings is 1. The summed E-state index contributed by atoms with van der Waals surface area (Å²) in [6.45, 7) is 0.620. The minimum absolute atomic E-state index is 0.0229. The molecule has 210 valence electrons. The van der Waals surface area contributed by atoms with Crippen molar-refractivity contribution in [2.24, 2.45) is 0 Å². The van der Waals surface area contributed by atoms with Crippen LogP contribution in [-0.4, -0.2) is 33.5 Å². The number of nitrogens with one attached hydrogen (secondary N) is 2. The van der Waals surface area contributed by atoms with Gasteiger partial charge in [-0.1, -0.05) is 66.7 Å². The first-order valence-corrected chi connectivity index (χ1v) is 13.1. The predicted octanol–water partition coefficient (Wildman–Crippen LogP) is 5.65. The fourth-order valence-corrected chi connectivity index (χ4v) is 4.19. The summed E-state index contributed by atoms with van der Waals surface area (Å²) < 4.78 is 18.6. The molecule has 2 amide bonds. The minimum atomic E-state index is -0.556. The van der Waals surface area contributed by atoms with E-state index >= 15 is 0 Å². The monoisotopic (exact) mass is 562 g/mol. The van der Waals surface area contributed by atoms with Crippen molar-refractivity contribution in [3.8, 4) is 22.4 Å². The average molecular weight is 563 g/mol. The molecule has 0 aliphatic heterocycles. The molecule has 2 heterocycles. The van der Waals surface area contributed by atoms with Gasteiger partial charge in [-0.25, -0.2) is 19.2 Å².